The van der Waals surface area contributed by atoms with E-state index >= 15 is 0 Å². The van der Waals surface area contributed by atoms with Crippen molar-refractivity contribution in [2.24, 2.45) is 0 Å². The van der Waals surface area contributed by atoms with Crippen LogP contribution in [-0.4, -0.2) is 16.5 Å². The van der Waals surface area contributed by atoms with Gasteiger partial charge in [-0.25, -0.2) is 4.79 Å². The molecule has 0 bridgehead atoms. The molecule has 5 nitrogen and oxygen atoms in total. The van der Waals surface area contributed by atoms with Crippen molar-refractivity contribution in [2.75, 3.05) is 0 Å². The zero-order valence-corrected chi connectivity index (χ0v) is 13.2. The average Bonchev–Trinajstić information content (AvgIpc) is 2.72. The normalized spacial score (nSPS) is 16.2. The molecule has 2 aromatic rings. The van der Waals surface area contributed by atoms with Gasteiger partial charge in [0.05, 0.1) is 5.52 Å². The van der Waals surface area contributed by atoms with E-state index in [0.29, 0.717) is 23.2 Å². The summed E-state index contributed by atoms with van der Waals surface area (Å²) in [6.07, 6.45) is 8.56. The van der Waals surface area contributed by atoms with E-state index in [1.165, 1.54) is 30.3 Å². The number of rotatable bonds is 4. The molecule has 5 heteroatoms. The molecule has 1 aromatic carbocycles. The quantitative estimate of drug-likeness (QED) is 0.696. The lowest BCUT2D eigenvalue weighted by Crippen LogP contribution is -2.34. The fraction of sp³-hybridized carbons (Fsp3) is 0.444. The van der Waals surface area contributed by atoms with E-state index < -0.39 is 5.76 Å². The van der Waals surface area contributed by atoms with Gasteiger partial charge in [-0.3, -0.25) is 9.36 Å². The molecule has 1 N–H and O–H groups in total. The lowest BCUT2D eigenvalue weighted by Gasteiger charge is -2.16. The van der Waals surface area contributed by atoms with E-state index in [0.717, 1.165) is 12.8 Å². The van der Waals surface area contributed by atoms with Crippen LogP contribution in [0.15, 0.2) is 40.1 Å². The highest BCUT2D eigenvalue weighted by Crippen LogP contribution is 2.19. The molecule has 0 saturated heterocycles. The molecule has 122 valence electrons. The third-order valence-corrected chi connectivity index (χ3v) is 4.43. The van der Waals surface area contributed by atoms with Crippen LogP contribution >= 0.6 is 0 Å². The van der Waals surface area contributed by atoms with Crippen molar-refractivity contribution in [1.29, 1.82) is 0 Å². The van der Waals surface area contributed by atoms with Crippen LogP contribution in [0, 0.1) is 0 Å². The summed E-state index contributed by atoms with van der Waals surface area (Å²) in [5.74, 6) is -0.515. The first kappa shape index (κ1) is 15.6. The van der Waals surface area contributed by atoms with Gasteiger partial charge < -0.3 is 9.73 Å². The van der Waals surface area contributed by atoms with Crippen molar-refractivity contribution >= 4 is 17.0 Å². The Kier molecular flexibility index (Phi) is 4.65. The molecule has 0 radical (unpaired) electrons. The van der Waals surface area contributed by atoms with E-state index in [1.807, 2.05) is 0 Å². The number of nitrogens with one attached hydrogen (secondary N) is 1. The summed E-state index contributed by atoms with van der Waals surface area (Å²) in [6.45, 7) is 4.01. The Morgan fingerprint density at radius 2 is 2.04 bits per heavy atom. The number of hydrogen-bond acceptors (Lipinski definition) is 3. The van der Waals surface area contributed by atoms with Gasteiger partial charge in [0.25, 0.3) is 5.91 Å². The molecule has 1 aliphatic rings. The standard InChI is InChI=1S/C18H22N2O3/c1-2-11-20-15-12-13(9-10-16(15)23-18(20)22)17(21)19-14-7-5-3-4-6-8-14/h2,9-10,12,14H,1,3-8,11H2,(H,19,21). The molecule has 0 spiro atoms. The molecule has 1 aromatic heterocycles. The van der Waals surface area contributed by atoms with E-state index in [9.17, 15) is 9.59 Å². The summed E-state index contributed by atoms with van der Waals surface area (Å²) < 4.78 is 6.66. The first-order valence-electron chi connectivity index (χ1n) is 8.24. The van der Waals surface area contributed by atoms with Gasteiger partial charge in [0, 0.05) is 18.2 Å². The number of fused-ring (bicyclic) bond motifs is 1. The summed E-state index contributed by atoms with van der Waals surface area (Å²) in [5, 5.41) is 3.12. The van der Waals surface area contributed by atoms with Crippen molar-refractivity contribution in [3.05, 3.63) is 47.0 Å². The molecular weight excluding hydrogens is 292 g/mol. The van der Waals surface area contributed by atoms with E-state index in [2.05, 4.69) is 11.9 Å². The van der Waals surface area contributed by atoms with Crippen molar-refractivity contribution in [3.8, 4) is 0 Å². The number of aromatic nitrogens is 1. The number of amides is 1. The molecule has 1 saturated carbocycles. The maximum absolute atomic E-state index is 12.5. The van der Waals surface area contributed by atoms with Gasteiger partial charge in [0.2, 0.25) is 0 Å². The fourth-order valence-corrected chi connectivity index (χ4v) is 3.20. The fourth-order valence-electron chi connectivity index (χ4n) is 3.20. The number of oxazole rings is 1. The Labute approximate surface area is 135 Å². The minimum atomic E-state index is -0.429. The third-order valence-electron chi connectivity index (χ3n) is 4.43. The summed E-state index contributed by atoms with van der Waals surface area (Å²) in [7, 11) is 0. The van der Waals surface area contributed by atoms with Crippen LogP contribution in [0.1, 0.15) is 48.9 Å². The van der Waals surface area contributed by atoms with Crippen LogP contribution in [0.4, 0.5) is 0 Å². The SMILES string of the molecule is C=CCn1c(=O)oc2ccc(C(=O)NC3CCCCCC3)cc21. The average molecular weight is 314 g/mol. The predicted molar refractivity (Wildman–Crippen MR) is 89.6 cm³/mol. The summed E-state index contributed by atoms with van der Waals surface area (Å²) in [4.78, 5) is 24.3. The number of carbonyl (C=O) groups excluding carboxylic acids is 1. The monoisotopic (exact) mass is 314 g/mol. The van der Waals surface area contributed by atoms with Crippen molar-refractivity contribution in [3.63, 3.8) is 0 Å². The maximum Gasteiger partial charge on any atom is 0.420 e. The zero-order valence-electron chi connectivity index (χ0n) is 13.2. The van der Waals surface area contributed by atoms with Crippen LogP contribution in [0.3, 0.4) is 0 Å². The van der Waals surface area contributed by atoms with Crippen molar-refractivity contribution in [1.82, 2.24) is 9.88 Å². The van der Waals surface area contributed by atoms with E-state index in [4.69, 9.17) is 4.42 Å². The molecule has 1 amide bonds. The first-order valence-corrected chi connectivity index (χ1v) is 8.24. The minimum absolute atomic E-state index is 0.0856. The summed E-state index contributed by atoms with van der Waals surface area (Å²) in [6, 6.07) is 5.35. The number of hydrogen-bond donors (Lipinski definition) is 1. The van der Waals surface area contributed by atoms with Crippen LogP contribution in [0.5, 0.6) is 0 Å². The maximum atomic E-state index is 12.5. The molecule has 0 unspecified atom stereocenters. The molecular formula is C18H22N2O3. The van der Waals surface area contributed by atoms with E-state index in [-0.39, 0.29) is 11.9 Å². The first-order chi connectivity index (χ1) is 11.2. The Morgan fingerprint density at radius 1 is 1.30 bits per heavy atom. The van der Waals surface area contributed by atoms with E-state index in [1.54, 1.807) is 24.3 Å². The van der Waals surface area contributed by atoms with Crippen LogP contribution in [0.2, 0.25) is 0 Å². The summed E-state index contributed by atoms with van der Waals surface area (Å²) in [5.41, 5.74) is 1.67. The lowest BCUT2D eigenvalue weighted by molar-refractivity contribution is 0.0933. The van der Waals surface area contributed by atoms with Gasteiger partial charge in [0.15, 0.2) is 5.58 Å². The largest absolute Gasteiger partial charge is 0.420 e. The Balaban J connectivity index is 1.84. The smallest absolute Gasteiger partial charge is 0.408 e. The van der Waals surface area contributed by atoms with Gasteiger partial charge in [-0.05, 0) is 31.0 Å². The number of benzene rings is 1. The van der Waals surface area contributed by atoms with Crippen molar-refractivity contribution in [2.45, 2.75) is 51.1 Å². The molecule has 0 aliphatic heterocycles. The lowest BCUT2D eigenvalue weighted by atomic mass is 10.1. The predicted octanol–water partition coefficient (Wildman–Crippen LogP) is 3.23. The molecule has 23 heavy (non-hydrogen) atoms. The van der Waals surface area contributed by atoms with Gasteiger partial charge in [-0.2, -0.15) is 0 Å². The molecule has 3 rings (SSSR count). The van der Waals surface area contributed by atoms with Crippen LogP contribution in [0.25, 0.3) is 11.1 Å². The zero-order chi connectivity index (χ0) is 16.2. The highest BCUT2D eigenvalue weighted by atomic mass is 16.4. The van der Waals surface area contributed by atoms with Crippen LogP contribution in [-0.2, 0) is 6.54 Å². The van der Waals surface area contributed by atoms with Crippen molar-refractivity contribution < 1.29 is 9.21 Å². The third kappa shape index (κ3) is 3.38. The Hall–Kier alpha value is -2.30. The second-order valence-electron chi connectivity index (χ2n) is 6.11. The Bertz CT molecular complexity index is 764. The van der Waals surface area contributed by atoms with Crippen LogP contribution < -0.4 is 11.1 Å². The van der Waals surface area contributed by atoms with Gasteiger partial charge in [-0.15, -0.1) is 6.58 Å². The number of allylic oxidation sites excluding steroid dienone is 1. The number of carbonyl (C=O) groups is 1. The molecule has 1 heterocycles. The highest BCUT2D eigenvalue weighted by molar-refractivity contribution is 5.97. The minimum Gasteiger partial charge on any atom is -0.408 e. The molecule has 1 fully saturated rings. The van der Waals surface area contributed by atoms with Gasteiger partial charge in [0.1, 0.15) is 0 Å². The second kappa shape index (κ2) is 6.86. The molecule has 1 aliphatic carbocycles. The second-order valence-corrected chi connectivity index (χ2v) is 6.11. The Morgan fingerprint density at radius 3 is 2.74 bits per heavy atom. The van der Waals surface area contributed by atoms with Gasteiger partial charge >= 0.3 is 5.76 Å². The highest BCUT2D eigenvalue weighted by Gasteiger charge is 2.17. The number of nitrogens with zero attached hydrogens (tertiary/aromatic N) is 1. The summed E-state index contributed by atoms with van der Waals surface area (Å²) >= 11 is 0. The molecule has 0 atom stereocenters. The topological polar surface area (TPSA) is 64.2 Å². The van der Waals surface area contributed by atoms with Gasteiger partial charge in [-0.1, -0.05) is 31.8 Å².